The first kappa shape index (κ1) is 28.4. The van der Waals surface area contributed by atoms with Crippen LogP contribution in [-0.4, -0.2) is 38.3 Å². The molecule has 2 aromatic rings. The second-order valence-electron chi connectivity index (χ2n) is 7.06. The normalized spacial score (nSPS) is 12.3. The van der Waals surface area contributed by atoms with Gasteiger partial charge in [-0.15, -0.1) is 6.42 Å². The number of ether oxygens (including phenoxy) is 1. The van der Waals surface area contributed by atoms with E-state index in [1.54, 1.807) is 0 Å². The molecule has 36 heavy (non-hydrogen) atoms. The van der Waals surface area contributed by atoms with Gasteiger partial charge < -0.3 is 10.1 Å². The first-order valence-corrected chi connectivity index (χ1v) is 11.4. The molecule has 0 saturated heterocycles. The number of carbonyl (C=O) groups is 1. The van der Waals surface area contributed by atoms with Gasteiger partial charge in [-0.05, 0) is 35.9 Å². The van der Waals surface area contributed by atoms with Crippen LogP contribution in [0.2, 0.25) is 0 Å². The number of nitrogens with zero attached hydrogens (tertiary/aromatic N) is 1. The lowest BCUT2D eigenvalue weighted by Gasteiger charge is -2.13. The summed E-state index contributed by atoms with van der Waals surface area (Å²) in [4.78, 5) is 15.1. The van der Waals surface area contributed by atoms with E-state index in [-0.39, 0.29) is 23.2 Å². The highest BCUT2D eigenvalue weighted by Gasteiger charge is 2.34. The number of aromatic nitrogens is 1. The number of terminal acetylenes is 1. The molecule has 0 spiro atoms. The van der Waals surface area contributed by atoms with Crippen molar-refractivity contribution >= 4 is 27.7 Å². The van der Waals surface area contributed by atoms with Gasteiger partial charge >= 0.3 is 12.4 Å². The Morgan fingerprint density at radius 1 is 1.19 bits per heavy atom. The summed E-state index contributed by atoms with van der Waals surface area (Å²) in [6.45, 7) is -2.22. The van der Waals surface area contributed by atoms with Gasteiger partial charge in [-0.3, -0.25) is 9.52 Å². The van der Waals surface area contributed by atoms with Crippen LogP contribution in [0.15, 0.2) is 30.3 Å². The number of carbonyl (C=O) groups excluding carboxylic acids is 1. The molecule has 1 amide bonds. The van der Waals surface area contributed by atoms with Crippen LogP contribution in [0.1, 0.15) is 22.4 Å². The monoisotopic (exact) mass is 539 g/mol. The number of rotatable bonds is 8. The fraction of sp³-hybridized carbons (Fsp3) is 0.238. The van der Waals surface area contributed by atoms with Crippen LogP contribution in [0.4, 0.5) is 36.4 Å². The Morgan fingerprint density at radius 2 is 1.86 bits per heavy atom. The van der Waals surface area contributed by atoms with Crippen LogP contribution in [0.5, 0.6) is 5.88 Å². The van der Waals surface area contributed by atoms with Crippen molar-refractivity contribution in [3.05, 3.63) is 58.5 Å². The molecule has 0 bridgehead atoms. The number of pyridine rings is 1. The Labute approximate surface area is 200 Å². The molecule has 1 heterocycles. The molecule has 15 heteroatoms. The van der Waals surface area contributed by atoms with Gasteiger partial charge in [-0.2, -0.15) is 26.3 Å². The highest BCUT2D eigenvalue weighted by atomic mass is 32.2. The van der Waals surface area contributed by atoms with E-state index in [9.17, 15) is 43.9 Å². The van der Waals surface area contributed by atoms with E-state index in [1.165, 1.54) is 6.07 Å². The molecule has 194 valence electrons. The lowest BCUT2D eigenvalue weighted by atomic mass is 10.1. The number of hydrogen-bond donors (Lipinski definition) is 2. The molecular weight excluding hydrogens is 523 g/mol. The standard InChI is InChI=1S/C21H16F7N3O4S/c1-3-13-8-12(9-15(22)18(13)31-36(2,33)34)10-29-17(32)7-5-14-4-6-16(21(26,27)28)30-19(14)35-11-20(23,24)25/h1,4-9,31H,10-11H2,2H3,(H,29,32)/b7-5-. The molecule has 0 fully saturated rings. The minimum atomic E-state index is -4.95. The zero-order valence-corrected chi connectivity index (χ0v) is 18.9. The van der Waals surface area contributed by atoms with Crippen molar-refractivity contribution in [2.24, 2.45) is 0 Å². The van der Waals surface area contributed by atoms with E-state index >= 15 is 0 Å². The number of anilines is 1. The van der Waals surface area contributed by atoms with Crippen molar-refractivity contribution in [1.82, 2.24) is 10.3 Å². The summed E-state index contributed by atoms with van der Waals surface area (Å²) >= 11 is 0. The van der Waals surface area contributed by atoms with Crippen LogP contribution in [0.3, 0.4) is 0 Å². The van der Waals surface area contributed by atoms with Crippen molar-refractivity contribution < 1.29 is 48.7 Å². The maximum absolute atomic E-state index is 14.3. The van der Waals surface area contributed by atoms with Crippen molar-refractivity contribution in [3.63, 3.8) is 0 Å². The summed E-state index contributed by atoms with van der Waals surface area (Å²) < 4.78 is 119. The number of amides is 1. The highest BCUT2D eigenvalue weighted by molar-refractivity contribution is 7.92. The van der Waals surface area contributed by atoms with E-state index in [0.29, 0.717) is 6.07 Å². The molecule has 2 N–H and O–H groups in total. The van der Waals surface area contributed by atoms with Gasteiger partial charge in [0.2, 0.25) is 21.8 Å². The molecule has 1 aromatic heterocycles. The van der Waals surface area contributed by atoms with Gasteiger partial charge in [-0.25, -0.2) is 17.8 Å². The fourth-order valence-electron chi connectivity index (χ4n) is 2.58. The smallest absolute Gasteiger partial charge is 0.433 e. The van der Waals surface area contributed by atoms with Crippen LogP contribution in [0, 0.1) is 18.2 Å². The quantitative estimate of drug-likeness (QED) is 0.302. The lowest BCUT2D eigenvalue weighted by molar-refractivity contribution is -0.154. The Morgan fingerprint density at radius 3 is 2.42 bits per heavy atom. The topological polar surface area (TPSA) is 97.4 Å². The van der Waals surface area contributed by atoms with Gasteiger partial charge in [-0.1, -0.05) is 5.92 Å². The number of sulfonamides is 1. The van der Waals surface area contributed by atoms with Gasteiger partial charge in [0, 0.05) is 18.2 Å². The fourth-order valence-corrected chi connectivity index (χ4v) is 3.16. The first-order chi connectivity index (χ1) is 16.5. The van der Waals surface area contributed by atoms with Crippen molar-refractivity contribution in [3.8, 4) is 18.2 Å². The largest absolute Gasteiger partial charge is 0.468 e. The molecule has 0 unspecified atom stereocenters. The average Bonchev–Trinajstić information content (AvgIpc) is 2.74. The molecule has 0 aliphatic heterocycles. The van der Waals surface area contributed by atoms with Crippen molar-refractivity contribution in [2.45, 2.75) is 18.9 Å². The van der Waals surface area contributed by atoms with E-state index in [0.717, 1.165) is 30.5 Å². The number of hydrogen-bond acceptors (Lipinski definition) is 5. The minimum Gasteiger partial charge on any atom is -0.468 e. The number of halogens is 7. The Balaban J connectivity index is 2.19. The summed E-state index contributed by atoms with van der Waals surface area (Å²) in [6, 6.07) is 3.40. The third-order valence-electron chi connectivity index (χ3n) is 4.03. The van der Waals surface area contributed by atoms with Crippen LogP contribution in [0.25, 0.3) is 6.08 Å². The van der Waals surface area contributed by atoms with Gasteiger partial charge in [0.15, 0.2) is 6.61 Å². The zero-order valence-electron chi connectivity index (χ0n) is 18.1. The van der Waals surface area contributed by atoms with Crippen molar-refractivity contribution in [1.29, 1.82) is 0 Å². The third-order valence-corrected chi connectivity index (χ3v) is 4.60. The lowest BCUT2D eigenvalue weighted by Crippen LogP contribution is -2.21. The second-order valence-corrected chi connectivity index (χ2v) is 8.81. The average molecular weight is 539 g/mol. The predicted octanol–water partition coefficient (Wildman–Crippen LogP) is 3.86. The van der Waals surface area contributed by atoms with Crippen molar-refractivity contribution in [2.75, 3.05) is 17.6 Å². The zero-order chi connectivity index (χ0) is 27.3. The highest BCUT2D eigenvalue weighted by Crippen LogP contribution is 2.31. The van der Waals surface area contributed by atoms with E-state index in [2.05, 4.69) is 21.0 Å². The second kappa shape index (κ2) is 10.9. The molecule has 0 aliphatic carbocycles. The number of nitrogens with one attached hydrogen (secondary N) is 2. The van der Waals surface area contributed by atoms with Crippen LogP contribution in [-0.2, 0) is 27.5 Å². The van der Waals surface area contributed by atoms with E-state index in [1.807, 2.05) is 4.72 Å². The SMILES string of the molecule is C#Cc1cc(CNC(=O)/C=C\c2ccc(C(F)(F)F)nc2OCC(F)(F)F)cc(F)c1NS(C)(=O)=O. The van der Waals surface area contributed by atoms with E-state index in [4.69, 9.17) is 6.42 Å². The maximum Gasteiger partial charge on any atom is 0.433 e. The molecule has 0 saturated carbocycles. The number of benzene rings is 1. The molecule has 0 aliphatic rings. The van der Waals surface area contributed by atoms with Gasteiger partial charge in [0.25, 0.3) is 0 Å². The molecular formula is C21H16F7N3O4S. The third kappa shape index (κ3) is 8.77. The summed E-state index contributed by atoms with van der Waals surface area (Å²) in [5.41, 5.74) is -2.33. The van der Waals surface area contributed by atoms with Gasteiger partial charge in [0.05, 0.1) is 17.5 Å². The van der Waals surface area contributed by atoms with Gasteiger partial charge in [0.1, 0.15) is 11.5 Å². The minimum absolute atomic E-state index is 0.131. The maximum atomic E-state index is 14.3. The first-order valence-electron chi connectivity index (χ1n) is 9.49. The molecule has 2 rings (SSSR count). The summed E-state index contributed by atoms with van der Waals surface area (Å²) in [6.07, 6.45) is -2.09. The van der Waals surface area contributed by atoms with Crippen LogP contribution < -0.4 is 14.8 Å². The summed E-state index contributed by atoms with van der Waals surface area (Å²) in [5.74, 6) is -0.775. The summed E-state index contributed by atoms with van der Waals surface area (Å²) in [5, 5.41) is 2.31. The Hall–Kier alpha value is -3.80. The van der Waals surface area contributed by atoms with Crippen LogP contribution >= 0.6 is 0 Å². The molecule has 0 atom stereocenters. The predicted molar refractivity (Wildman–Crippen MR) is 114 cm³/mol. The Bertz CT molecular complexity index is 1310. The molecule has 7 nitrogen and oxygen atoms in total. The van der Waals surface area contributed by atoms with E-state index < -0.39 is 58.0 Å². The number of alkyl halides is 6. The Kier molecular flexibility index (Phi) is 8.57. The summed E-state index contributed by atoms with van der Waals surface area (Å²) in [7, 11) is -3.84. The molecule has 0 radical (unpaired) electrons. The molecule has 1 aromatic carbocycles.